The molecule has 0 aromatic heterocycles. The van der Waals surface area contributed by atoms with Crippen LogP contribution in [0.5, 0.6) is 0 Å². The number of nitrogens with zero attached hydrogens (tertiary/aromatic N) is 1. The highest BCUT2D eigenvalue weighted by molar-refractivity contribution is 6.31. The maximum atomic E-state index is 11.9. The minimum Gasteiger partial charge on any atom is -0.367 e. The number of carbonyl (C=O) groups excluding carboxylic acids is 1. The third-order valence-electron chi connectivity index (χ3n) is 3.41. The quantitative estimate of drug-likeness (QED) is 0.894. The van der Waals surface area contributed by atoms with Gasteiger partial charge >= 0.3 is 0 Å². The van der Waals surface area contributed by atoms with Crippen molar-refractivity contribution in [2.75, 3.05) is 26.2 Å². The molecule has 0 saturated carbocycles. The first-order valence-corrected chi connectivity index (χ1v) is 6.87. The molecule has 0 unspecified atom stereocenters. The molecule has 19 heavy (non-hydrogen) atoms. The number of amides is 1. The average Bonchev–Trinajstić information content (AvgIpc) is 2.90. The van der Waals surface area contributed by atoms with Gasteiger partial charge < -0.3 is 15.4 Å². The van der Waals surface area contributed by atoms with E-state index in [1.807, 2.05) is 29.2 Å². The van der Waals surface area contributed by atoms with Crippen LogP contribution in [0.4, 0.5) is 0 Å². The predicted molar refractivity (Wildman–Crippen MR) is 74.8 cm³/mol. The lowest BCUT2D eigenvalue weighted by molar-refractivity contribution is -0.135. The van der Waals surface area contributed by atoms with Gasteiger partial charge in [-0.25, -0.2) is 0 Å². The van der Waals surface area contributed by atoms with Crippen molar-refractivity contribution >= 4 is 17.5 Å². The highest BCUT2D eigenvalue weighted by Crippen LogP contribution is 2.17. The van der Waals surface area contributed by atoms with Crippen molar-refractivity contribution in [1.29, 1.82) is 0 Å². The Bertz CT molecular complexity index is 439. The van der Waals surface area contributed by atoms with Gasteiger partial charge in [0, 0.05) is 18.1 Å². The molecule has 1 atom stereocenters. The van der Waals surface area contributed by atoms with Gasteiger partial charge in [0.15, 0.2) is 0 Å². The molecular formula is C14H19ClN2O2. The molecule has 1 saturated heterocycles. The molecule has 1 fully saturated rings. The summed E-state index contributed by atoms with van der Waals surface area (Å²) in [5.41, 5.74) is 6.51. The van der Waals surface area contributed by atoms with Crippen LogP contribution < -0.4 is 5.73 Å². The number of nitrogens with two attached hydrogens (primary N) is 1. The van der Waals surface area contributed by atoms with E-state index in [-0.39, 0.29) is 12.5 Å². The van der Waals surface area contributed by atoms with E-state index in [1.54, 1.807) is 0 Å². The summed E-state index contributed by atoms with van der Waals surface area (Å²) < 4.78 is 5.44. The largest absolute Gasteiger partial charge is 0.367 e. The maximum absolute atomic E-state index is 11.9. The summed E-state index contributed by atoms with van der Waals surface area (Å²) >= 11 is 6.02. The Morgan fingerprint density at radius 2 is 2.26 bits per heavy atom. The highest BCUT2D eigenvalue weighted by Gasteiger charge is 2.24. The minimum absolute atomic E-state index is 0.0306. The molecule has 0 radical (unpaired) electrons. The SMILES string of the molecule is NC[C@@H]1CCN(C(=O)COCc2ccccc2Cl)C1. The standard InChI is InChI=1S/C14H19ClN2O2/c15-13-4-2-1-3-12(13)9-19-10-14(18)17-6-5-11(7-16)8-17/h1-4,11H,5-10,16H2/t11-/m0/s1. The number of ether oxygens (including phenoxy) is 1. The first-order valence-electron chi connectivity index (χ1n) is 6.49. The second-order valence-electron chi connectivity index (χ2n) is 4.81. The monoisotopic (exact) mass is 282 g/mol. The summed E-state index contributed by atoms with van der Waals surface area (Å²) in [6, 6.07) is 7.48. The van der Waals surface area contributed by atoms with Crippen molar-refractivity contribution in [2.24, 2.45) is 11.7 Å². The summed E-state index contributed by atoms with van der Waals surface area (Å²) in [6.07, 6.45) is 0.993. The molecule has 1 heterocycles. The first kappa shape index (κ1) is 14.3. The van der Waals surface area contributed by atoms with Crippen molar-refractivity contribution in [3.05, 3.63) is 34.9 Å². The van der Waals surface area contributed by atoms with Gasteiger partial charge in [0.1, 0.15) is 6.61 Å². The van der Waals surface area contributed by atoms with Gasteiger partial charge in [-0.1, -0.05) is 29.8 Å². The molecule has 0 spiro atoms. The van der Waals surface area contributed by atoms with E-state index >= 15 is 0 Å². The zero-order valence-electron chi connectivity index (χ0n) is 10.8. The maximum Gasteiger partial charge on any atom is 0.248 e. The molecular weight excluding hydrogens is 264 g/mol. The van der Waals surface area contributed by atoms with Gasteiger partial charge in [0.2, 0.25) is 5.91 Å². The van der Waals surface area contributed by atoms with Crippen molar-refractivity contribution in [3.63, 3.8) is 0 Å². The number of carbonyl (C=O) groups is 1. The Labute approximate surface area is 118 Å². The molecule has 0 aliphatic carbocycles. The van der Waals surface area contributed by atoms with Gasteiger partial charge in [0.05, 0.1) is 6.61 Å². The third kappa shape index (κ3) is 3.93. The van der Waals surface area contributed by atoms with E-state index in [4.69, 9.17) is 22.1 Å². The molecule has 1 aromatic rings. The number of hydrogen-bond donors (Lipinski definition) is 1. The van der Waals surface area contributed by atoms with Crippen LogP contribution >= 0.6 is 11.6 Å². The van der Waals surface area contributed by atoms with Crippen LogP contribution in [-0.4, -0.2) is 37.0 Å². The van der Waals surface area contributed by atoms with Crippen LogP contribution in [0.15, 0.2) is 24.3 Å². The predicted octanol–water partition coefficient (Wildman–Crippen LogP) is 1.66. The topological polar surface area (TPSA) is 55.6 Å². The molecule has 5 heteroatoms. The summed E-state index contributed by atoms with van der Waals surface area (Å²) in [7, 11) is 0. The van der Waals surface area contributed by atoms with Gasteiger partial charge in [-0.15, -0.1) is 0 Å². The third-order valence-corrected chi connectivity index (χ3v) is 3.78. The lowest BCUT2D eigenvalue weighted by atomic mass is 10.1. The number of benzene rings is 1. The van der Waals surface area contributed by atoms with E-state index in [0.29, 0.717) is 24.1 Å². The van der Waals surface area contributed by atoms with E-state index < -0.39 is 0 Å². The average molecular weight is 283 g/mol. The summed E-state index contributed by atoms with van der Waals surface area (Å²) in [4.78, 5) is 13.7. The first-order chi connectivity index (χ1) is 9.20. The van der Waals surface area contributed by atoms with Crippen LogP contribution in [0.1, 0.15) is 12.0 Å². The van der Waals surface area contributed by atoms with Gasteiger partial charge in [-0.3, -0.25) is 4.79 Å². The Morgan fingerprint density at radius 1 is 1.47 bits per heavy atom. The Morgan fingerprint density at radius 3 is 2.95 bits per heavy atom. The van der Waals surface area contributed by atoms with Crippen LogP contribution in [0.2, 0.25) is 5.02 Å². The second kappa shape index (κ2) is 6.89. The van der Waals surface area contributed by atoms with Crippen LogP contribution in [0.25, 0.3) is 0 Å². The molecule has 2 N–H and O–H groups in total. The van der Waals surface area contributed by atoms with Crippen molar-refractivity contribution in [2.45, 2.75) is 13.0 Å². The smallest absolute Gasteiger partial charge is 0.248 e. The van der Waals surface area contributed by atoms with Crippen molar-refractivity contribution < 1.29 is 9.53 Å². The molecule has 1 aromatic carbocycles. The molecule has 2 rings (SSSR count). The van der Waals surface area contributed by atoms with Crippen molar-refractivity contribution in [3.8, 4) is 0 Å². The van der Waals surface area contributed by atoms with E-state index in [2.05, 4.69) is 0 Å². The van der Waals surface area contributed by atoms with Gasteiger partial charge in [-0.05, 0) is 30.5 Å². The molecule has 1 aliphatic heterocycles. The van der Waals surface area contributed by atoms with E-state index in [1.165, 1.54) is 0 Å². The Kier molecular flexibility index (Phi) is 5.19. The van der Waals surface area contributed by atoms with Gasteiger partial charge in [0.25, 0.3) is 0 Å². The zero-order chi connectivity index (χ0) is 13.7. The number of halogens is 1. The fraction of sp³-hybridized carbons (Fsp3) is 0.500. The lowest BCUT2D eigenvalue weighted by Crippen LogP contribution is -2.32. The molecule has 0 bridgehead atoms. The van der Waals surface area contributed by atoms with E-state index in [9.17, 15) is 4.79 Å². The van der Waals surface area contributed by atoms with E-state index in [0.717, 1.165) is 25.1 Å². The number of rotatable bonds is 5. The molecule has 1 amide bonds. The molecule has 104 valence electrons. The summed E-state index contributed by atoms with van der Waals surface area (Å²) in [5, 5.41) is 0.666. The fourth-order valence-electron chi connectivity index (χ4n) is 2.21. The Hall–Kier alpha value is -1.10. The second-order valence-corrected chi connectivity index (χ2v) is 5.22. The molecule has 4 nitrogen and oxygen atoms in total. The van der Waals surface area contributed by atoms with Gasteiger partial charge in [-0.2, -0.15) is 0 Å². The fourth-order valence-corrected chi connectivity index (χ4v) is 2.40. The zero-order valence-corrected chi connectivity index (χ0v) is 11.6. The van der Waals surface area contributed by atoms with Crippen molar-refractivity contribution in [1.82, 2.24) is 4.90 Å². The van der Waals surface area contributed by atoms with Crippen LogP contribution in [0, 0.1) is 5.92 Å². The molecule has 1 aliphatic rings. The highest BCUT2D eigenvalue weighted by atomic mass is 35.5. The van der Waals surface area contributed by atoms with Crippen LogP contribution in [-0.2, 0) is 16.1 Å². The summed E-state index contributed by atoms with van der Waals surface area (Å²) in [5.74, 6) is 0.468. The summed E-state index contributed by atoms with van der Waals surface area (Å²) in [6.45, 7) is 2.65. The number of likely N-dealkylation sites (tertiary alicyclic amines) is 1. The normalized spacial score (nSPS) is 18.8. The minimum atomic E-state index is 0.0306. The lowest BCUT2D eigenvalue weighted by Gasteiger charge is -2.16. The number of hydrogen-bond acceptors (Lipinski definition) is 3. The Balaban J connectivity index is 1.74. The van der Waals surface area contributed by atoms with Crippen LogP contribution in [0.3, 0.4) is 0 Å².